The third-order valence-electron chi connectivity index (χ3n) is 5.41. The summed E-state index contributed by atoms with van der Waals surface area (Å²) in [6.07, 6.45) is 5.60. The quantitative estimate of drug-likeness (QED) is 0.724. The third-order valence-corrected chi connectivity index (χ3v) is 5.41. The molecular weight excluding hydrogens is 344 g/mol. The van der Waals surface area contributed by atoms with Crippen molar-refractivity contribution in [1.29, 1.82) is 0 Å². The van der Waals surface area contributed by atoms with Gasteiger partial charge in [0.05, 0.1) is 5.39 Å². The lowest BCUT2D eigenvalue weighted by atomic mass is 9.73. The molecule has 0 N–H and O–H groups in total. The first-order valence-corrected chi connectivity index (χ1v) is 9.07. The van der Waals surface area contributed by atoms with Crippen LogP contribution >= 0.6 is 0 Å². The topological polar surface area (TPSA) is 61.8 Å². The molecule has 1 heterocycles. The molecule has 0 saturated heterocycles. The third kappa shape index (κ3) is 2.38. The van der Waals surface area contributed by atoms with Crippen LogP contribution in [0.15, 0.2) is 60.2 Å². The van der Waals surface area contributed by atoms with Crippen molar-refractivity contribution in [3.63, 3.8) is 0 Å². The molecule has 0 saturated carbocycles. The smallest absolute Gasteiger partial charge is 0.303 e. The van der Waals surface area contributed by atoms with E-state index in [0.717, 1.165) is 22.3 Å². The lowest BCUT2D eigenvalue weighted by Gasteiger charge is -2.48. The molecule has 2 aromatic carbocycles. The number of carbonyl (C=O) groups is 2. The lowest BCUT2D eigenvalue weighted by Crippen LogP contribution is -2.58. The summed E-state index contributed by atoms with van der Waals surface area (Å²) in [7, 11) is 0. The molecule has 3 aliphatic rings. The lowest BCUT2D eigenvalue weighted by molar-refractivity contribution is -0.188. The van der Waals surface area contributed by atoms with Gasteiger partial charge in [-0.1, -0.05) is 30.3 Å². The number of benzene rings is 2. The highest BCUT2D eigenvalue weighted by Gasteiger charge is 2.55. The maximum atomic E-state index is 12.5. The summed E-state index contributed by atoms with van der Waals surface area (Å²) >= 11 is 0. The molecule has 0 aromatic heterocycles. The van der Waals surface area contributed by atoms with Crippen molar-refractivity contribution < 1.29 is 23.8 Å². The molecular formula is C22H18O5. The highest BCUT2D eigenvalue weighted by Crippen LogP contribution is 2.50. The molecule has 2 aliphatic carbocycles. The minimum Gasteiger partial charge on any atom is -0.457 e. The highest BCUT2D eigenvalue weighted by atomic mass is 16.7. The number of hydrogen-bond acceptors (Lipinski definition) is 5. The van der Waals surface area contributed by atoms with E-state index in [9.17, 15) is 9.59 Å². The standard InChI is InChI=1S/C22H18O5/c1-13(23)25-19-11-10-16(24)15-7-4-12-22(21(15)19)26-17-8-2-5-14-6-3-9-18(27-22)20(14)17/h2-3,5-11,19,21H,4,12H2,1H3. The Hall–Kier alpha value is -3.08. The van der Waals surface area contributed by atoms with Crippen LogP contribution in [0.4, 0.5) is 0 Å². The Labute approximate surface area is 156 Å². The molecule has 0 fully saturated rings. The monoisotopic (exact) mass is 362 g/mol. The van der Waals surface area contributed by atoms with Gasteiger partial charge in [0.2, 0.25) is 0 Å². The molecule has 1 aliphatic heterocycles. The van der Waals surface area contributed by atoms with Crippen LogP contribution in [-0.4, -0.2) is 23.6 Å². The average molecular weight is 362 g/mol. The summed E-state index contributed by atoms with van der Waals surface area (Å²) in [4.78, 5) is 24.2. The van der Waals surface area contributed by atoms with E-state index in [-0.39, 0.29) is 5.78 Å². The van der Waals surface area contributed by atoms with E-state index in [1.807, 2.05) is 42.5 Å². The zero-order chi connectivity index (χ0) is 18.6. The fourth-order valence-electron chi connectivity index (χ4n) is 4.38. The fraction of sp³-hybridized carbons (Fsp3) is 0.273. The SMILES string of the molecule is CC(=O)OC1C=CC(=O)C2=CCCC3(Oc4cccc5cccc(c45)O3)C21. The van der Waals surface area contributed by atoms with Crippen molar-refractivity contribution in [1.82, 2.24) is 0 Å². The molecule has 0 amide bonds. The molecule has 5 rings (SSSR count). The zero-order valence-corrected chi connectivity index (χ0v) is 14.8. The maximum Gasteiger partial charge on any atom is 0.303 e. The molecule has 5 heteroatoms. The summed E-state index contributed by atoms with van der Waals surface area (Å²) in [5, 5.41) is 1.95. The number of hydrogen-bond donors (Lipinski definition) is 0. The highest BCUT2D eigenvalue weighted by molar-refractivity contribution is 6.06. The molecule has 27 heavy (non-hydrogen) atoms. The van der Waals surface area contributed by atoms with Gasteiger partial charge in [0, 0.05) is 18.9 Å². The van der Waals surface area contributed by atoms with Crippen molar-refractivity contribution in [2.75, 3.05) is 0 Å². The number of fused-ring (bicyclic) bond motifs is 2. The summed E-state index contributed by atoms with van der Waals surface area (Å²) < 4.78 is 18.4. The largest absolute Gasteiger partial charge is 0.457 e. The first-order valence-electron chi connectivity index (χ1n) is 9.07. The summed E-state index contributed by atoms with van der Waals surface area (Å²) in [5.41, 5.74) is 0.585. The van der Waals surface area contributed by atoms with Crippen LogP contribution in [0, 0.1) is 5.92 Å². The van der Waals surface area contributed by atoms with Gasteiger partial charge in [-0.25, -0.2) is 0 Å². The van der Waals surface area contributed by atoms with Gasteiger partial charge in [0.1, 0.15) is 23.5 Å². The van der Waals surface area contributed by atoms with Gasteiger partial charge in [-0.3, -0.25) is 9.59 Å². The van der Waals surface area contributed by atoms with Crippen LogP contribution in [0.25, 0.3) is 10.8 Å². The number of allylic oxidation sites excluding steroid dienone is 2. The van der Waals surface area contributed by atoms with Crippen molar-refractivity contribution >= 4 is 22.5 Å². The molecule has 0 radical (unpaired) electrons. The number of carbonyl (C=O) groups excluding carboxylic acids is 2. The Morgan fingerprint density at radius 2 is 1.85 bits per heavy atom. The van der Waals surface area contributed by atoms with Gasteiger partial charge in [-0.05, 0) is 36.1 Å². The minimum atomic E-state index is -1.09. The Morgan fingerprint density at radius 3 is 2.52 bits per heavy atom. The van der Waals surface area contributed by atoms with Crippen molar-refractivity contribution in [3.8, 4) is 11.5 Å². The van der Waals surface area contributed by atoms with Gasteiger partial charge in [0.15, 0.2) is 5.78 Å². The van der Waals surface area contributed by atoms with Crippen LogP contribution < -0.4 is 9.47 Å². The van der Waals surface area contributed by atoms with Gasteiger partial charge in [0.25, 0.3) is 5.79 Å². The van der Waals surface area contributed by atoms with E-state index in [4.69, 9.17) is 14.2 Å². The van der Waals surface area contributed by atoms with E-state index in [1.54, 1.807) is 6.08 Å². The molecule has 2 atom stereocenters. The number of ketones is 1. The Kier molecular flexibility index (Phi) is 3.41. The van der Waals surface area contributed by atoms with Gasteiger partial charge >= 0.3 is 5.97 Å². The second-order valence-corrected chi connectivity index (χ2v) is 7.10. The molecule has 1 spiro atoms. The molecule has 2 aromatic rings. The Bertz CT molecular complexity index is 991. The zero-order valence-electron chi connectivity index (χ0n) is 14.8. The Morgan fingerprint density at radius 1 is 1.15 bits per heavy atom. The van der Waals surface area contributed by atoms with Crippen LogP contribution in [0.5, 0.6) is 11.5 Å². The van der Waals surface area contributed by atoms with E-state index >= 15 is 0 Å². The number of ether oxygens (including phenoxy) is 3. The van der Waals surface area contributed by atoms with E-state index < -0.39 is 23.8 Å². The maximum absolute atomic E-state index is 12.5. The number of esters is 1. The van der Waals surface area contributed by atoms with Crippen LogP contribution in [0.1, 0.15) is 19.8 Å². The van der Waals surface area contributed by atoms with Crippen molar-refractivity contribution in [2.45, 2.75) is 31.7 Å². The fourth-order valence-corrected chi connectivity index (χ4v) is 4.38. The molecule has 136 valence electrons. The summed E-state index contributed by atoms with van der Waals surface area (Å²) in [5.74, 6) is -0.661. The van der Waals surface area contributed by atoms with Crippen LogP contribution in [0.3, 0.4) is 0 Å². The first kappa shape index (κ1) is 16.1. The van der Waals surface area contributed by atoms with Crippen LogP contribution in [0.2, 0.25) is 0 Å². The molecule has 5 nitrogen and oxygen atoms in total. The predicted octanol–water partition coefficient (Wildman–Crippen LogP) is 3.71. The van der Waals surface area contributed by atoms with Gasteiger partial charge in [-0.15, -0.1) is 0 Å². The van der Waals surface area contributed by atoms with E-state index in [2.05, 4.69) is 0 Å². The molecule has 0 bridgehead atoms. The van der Waals surface area contributed by atoms with Gasteiger partial charge in [-0.2, -0.15) is 0 Å². The second-order valence-electron chi connectivity index (χ2n) is 7.10. The van der Waals surface area contributed by atoms with Crippen molar-refractivity contribution in [3.05, 3.63) is 60.2 Å². The summed E-state index contributed by atoms with van der Waals surface area (Å²) in [6, 6.07) is 11.7. The minimum absolute atomic E-state index is 0.0910. The van der Waals surface area contributed by atoms with Crippen LogP contribution in [-0.2, 0) is 14.3 Å². The molecule has 2 unspecified atom stereocenters. The average Bonchev–Trinajstić information content (AvgIpc) is 2.64. The first-order chi connectivity index (χ1) is 13.1. The Balaban J connectivity index is 1.66. The van der Waals surface area contributed by atoms with Gasteiger partial charge < -0.3 is 14.2 Å². The second kappa shape index (κ2) is 5.71. The van der Waals surface area contributed by atoms with E-state index in [1.165, 1.54) is 13.0 Å². The van der Waals surface area contributed by atoms with Crippen molar-refractivity contribution in [2.24, 2.45) is 5.92 Å². The summed E-state index contributed by atoms with van der Waals surface area (Å²) in [6.45, 7) is 1.36. The van der Waals surface area contributed by atoms with E-state index in [0.29, 0.717) is 18.4 Å². The number of rotatable bonds is 1. The predicted molar refractivity (Wildman–Crippen MR) is 98.4 cm³/mol. The normalized spacial score (nSPS) is 24.6.